The molecule has 1 rings (SSSR count). The van der Waals surface area contributed by atoms with Gasteiger partial charge >= 0.3 is 0 Å². The molecule has 0 aliphatic rings. The Hall–Kier alpha value is -1.75. The van der Waals surface area contributed by atoms with E-state index in [-0.39, 0.29) is 23.6 Å². The number of carbonyl (C=O) groups excluding carboxylic acids is 2. The quantitative estimate of drug-likeness (QED) is 0.195. The van der Waals surface area contributed by atoms with Gasteiger partial charge in [0.25, 0.3) is 5.69 Å². The van der Waals surface area contributed by atoms with E-state index in [9.17, 15) is 19.7 Å². The van der Waals surface area contributed by atoms with Gasteiger partial charge in [-0.15, -0.1) is 11.6 Å². The van der Waals surface area contributed by atoms with Crippen LogP contribution in [-0.2, 0) is 4.79 Å². The first kappa shape index (κ1) is 13.3. The Bertz CT molecular complexity index is 447. The highest BCUT2D eigenvalue weighted by molar-refractivity contribution is 6.18. The molecule has 90 valence electrons. The first-order chi connectivity index (χ1) is 8.11. The predicted octanol–water partition coefficient (Wildman–Crippen LogP) is 2.22. The van der Waals surface area contributed by atoms with Crippen LogP contribution in [0.4, 0.5) is 5.69 Å². The minimum atomic E-state index is -0.923. The number of para-hydroxylation sites is 1. The molecule has 6 heteroatoms. The Balaban J connectivity index is 3.10. The summed E-state index contributed by atoms with van der Waals surface area (Å²) in [4.78, 5) is 32.7. The second kappa shape index (κ2) is 6.10. The number of Topliss-reactive ketones (excluding diaryl/α,β-unsaturated/α-hetero) is 1. The summed E-state index contributed by atoms with van der Waals surface area (Å²) in [5.41, 5.74) is -0.348. The van der Waals surface area contributed by atoms with Crippen LogP contribution in [0, 0.1) is 16.0 Å². The molecule has 0 aliphatic carbocycles. The van der Waals surface area contributed by atoms with Crippen molar-refractivity contribution in [3.05, 3.63) is 39.9 Å². The highest BCUT2D eigenvalue weighted by atomic mass is 35.5. The van der Waals surface area contributed by atoms with Crippen molar-refractivity contribution in [2.24, 2.45) is 5.92 Å². The minimum Gasteiger partial charge on any atom is -0.303 e. The summed E-state index contributed by atoms with van der Waals surface area (Å²) < 4.78 is 0. The smallest absolute Gasteiger partial charge is 0.280 e. The van der Waals surface area contributed by atoms with Gasteiger partial charge in [-0.3, -0.25) is 14.9 Å². The third-order valence-corrected chi connectivity index (χ3v) is 2.51. The van der Waals surface area contributed by atoms with Crippen LogP contribution in [0.15, 0.2) is 24.3 Å². The first-order valence-corrected chi connectivity index (χ1v) is 5.44. The van der Waals surface area contributed by atoms with E-state index < -0.39 is 16.6 Å². The van der Waals surface area contributed by atoms with Crippen molar-refractivity contribution in [1.29, 1.82) is 0 Å². The number of carbonyl (C=O) groups is 2. The van der Waals surface area contributed by atoms with Crippen molar-refractivity contribution in [1.82, 2.24) is 0 Å². The van der Waals surface area contributed by atoms with Gasteiger partial charge < -0.3 is 4.79 Å². The number of aldehydes is 1. The van der Waals surface area contributed by atoms with Crippen LogP contribution in [0.5, 0.6) is 0 Å². The van der Waals surface area contributed by atoms with Crippen LogP contribution >= 0.6 is 11.6 Å². The highest BCUT2D eigenvalue weighted by Gasteiger charge is 2.25. The second-order valence-electron chi connectivity index (χ2n) is 3.36. The predicted molar refractivity (Wildman–Crippen MR) is 62.3 cm³/mol. The molecule has 17 heavy (non-hydrogen) atoms. The van der Waals surface area contributed by atoms with E-state index >= 15 is 0 Å². The summed E-state index contributed by atoms with van der Waals surface area (Å²) in [6.45, 7) is 0. The third kappa shape index (κ3) is 3.10. The molecule has 0 spiro atoms. The van der Waals surface area contributed by atoms with E-state index in [0.29, 0.717) is 6.29 Å². The van der Waals surface area contributed by atoms with Crippen LogP contribution in [0.3, 0.4) is 0 Å². The normalized spacial score (nSPS) is 11.8. The molecule has 0 amide bonds. The Labute approximate surface area is 103 Å². The van der Waals surface area contributed by atoms with Crippen LogP contribution in [0.2, 0.25) is 0 Å². The topological polar surface area (TPSA) is 77.3 Å². The van der Waals surface area contributed by atoms with Crippen LogP contribution in [0.1, 0.15) is 16.8 Å². The lowest BCUT2D eigenvalue weighted by molar-refractivity contribution is -0.385. The first-order valence-electron chi connectivity index (χ1n) is 4.90. The van der Waals surface area contributed by atoms with Gasteiger partial charge in [0.05, 0.1) is 16.4 Å². The molecule has 0 aliphatic heterocycles. The van der Waals surface area contributed by atoms with Gasteiger partial charge in [-0.05, 0) is 12.5 Å². The van der Waals surface area contributed by atoms with Gasteiger partial charge in [0, 0.05) is 11.9 Å². The number of ketones is 1. The number of hydrogen-bond acceptors (Lipinski definition) is 4. The minimum absolute atomic E-state index is 0.0558. The largest absolute Gasteiger partial charge is 0.303 e. The van der Waals surface area contributed by atoms with Crippen LogP contribution in [-0.4, -0.2) is 22.9 Å². The molecule has 5 nitrogen and oxygen atoms in total. The Morgan fingerprint density at radius 2 is 2.12 bits per heavy atom. The van der Waals surface area contributed by atoms with Crippen molar-refractivity contribution >= 4 is 29.4 Å². The number of nitrogens with zero attached hydrogens (tertiary/aromatic N) is 1. The van der Waals surface area contributed by atoms with E-state index in [2.05, 4.69) is 0 Å². The Morgan fingerprint density at radius 3 is 2.65 bits per heavy atom. The molecule has 1 unspecified atom stereocenters. The molecule has 0 radical (unpaired) electrons. The molecular formula is C11H10ClNO4. The lowest BCUT2D eigenvalue weighted by Crippen LogP contribution is -2.18. The maximum atomic E-state index is 11.9. The number of alkyl halides is 1. The third-order valence-electron chi connectivity index (χ3n) is 2.29. The summed E-state index contributed by atoms with van der Waals surface area (Å²) in [6, 6.07) is 5.55. The fourth-order valence-corrected chi connectivity index (χ4v) is 1.65. The van der Waals surface area contributed by atoms with Crippen LogP contribution < -0.4 is 0 Å². The number of hydrogen-bond donors (Lipinski definition) is 0. The van der Waals surface area contributed by atoms with Crippen LogP contribution in [0.25, 0.3) is 0 Å². The molecule has 0 saturated carbocycles. The molecule has 1 atom stereocenters. The zero-order chi connectivity index (χ0) is 12.8. The highest BCUT2D eigenvalue weighted by Crippen LogP contribution is 2.21. The van der Waals surface area contributed by atoms with Crippen molar-refractivity contribution in [2.75, 3.05) is 5.88 Å². The van der Waals surface area contributed by atoms with Gasteiger partial charge in [-0.25, -0.2) is 0 Å². The van der Waals surface area contributed by atoms with E-state index in [1.54, 1.807) is 0 Å². The monoisotopic (exact) mass is 255 g/mol. The SMILES string of the molecule is O=CC(CCCl)C(=O)c1ccccc1[N+](=O)[O-]. The summed E-state index contributed by atoms with van der Waals surface area (Å²) >= 11 is 5.46. The lowest BCUT2D eigenvalue weighted by atomic mass is 9.95. The number of halogens is 1. The average Bonchev–Trinajstić information content (AvgIpc) is 2.35. The number of nitro groups is 1. The van der Waals surface area contributed by atoms with Crippen molar-refractivity contribution < 1.29 is 14.5 Å². The molecule has 1 aromatic rings. The van der Waals surface area contributed by atoms with Gasteiger partial charge in [0.1, 0.15) is 6.29 Å². The van der Waals surface area contributed by atoms with Gasteiger partial charge in [0.2, 0.25) is 0 Å². The molecule has 1 aromatic carbocycles. The molecule has 0 bridgehead atoms. The Morgan fingerprint density at radius 1 is 1.47 bits per heavy atom. The zero-order valence-corrected chi connectivity index (χ0v) is 9.59. The van der Waals surface area contributed by atoms with Crippen molar-refractivity contribution in [3.8, 4) is 0 Å². The average molecular weight is 256 g/mol. The fraction of sp³-hybridized carbons (Fsp3) is 0.273. The van der Waals surface area contributed by atoms with E-state index in [1.807, 2.05) is 0 Å². The van der Waals surface area contributed by atoms with Gasteiger partial charge in [0.15, 0.2) is 5.78 Å². The fourth-order valence-electron chi connectivity index (χ4n) is 1.42. The van der Waals surface area contributed by atoms with Crippen molar-refractivity contribution in [3.63, 3.8) is 0 Å². The summed E-state index contributed by atoms with van der Waals surface area (Å²) in [5, 5.41) is 10.7. The zero-order valence-electron chi connectivity index (χ0n) is 8.84. The molecule has 0 saturated heterocycles. The summed E-state index contributed by atoms with van der Waals surface area (Å²) in [5.74, 6) is -1.34. The molecule has 0 aromatic heterocycles. The maximum Gasteiger partial charge on any atom is 0.280 e. The van der Waals surface area contributed by atoms with Gasteiger partial charge in [-0.2, -0.15) is 0 Å². The maximum absolute atomic E-state index is 11.9. The molecule has 0 fully saturated rings. The molecule has 0 heterocycles. The van der Waals surface area contributed by atoms with Crippen molar-refractivity contribution in [2.45, 2.75) is 6.42 Å². The number of rotatable bonds is 6. The van der Waals surface area contributed by atoms with E-state index in [4.69, 9.17) is 11.6 Å². The number of nitro benzene ring substituents is 1. The molecular weight excluding hydrogens is 246 g/mol. The second-order valence-corrected chi connectivity index (χ2v) is 3.74. The van der Waals surface area contributed by atoms with E-state index in [0.717, 1.165) is 0 Å². The summed E-state index contributed by atoms with van der Waals surface area (Å²) in [6.07, 6.45) is 0.650. The van der Waals surface area contributed by atoms with Gasteiger partial charge in [-0.1, -0.05) is 12.1 Å². The number of benzene rings is 1. The molecule has 0 N–H and O–H groups in total. The Kier molecular flexibility index (Phi) is 4.78. The standard InChI is InChI=1S/C11H10ClNO4/c12-6-5-8(7-14)11(15)9-3-1-2-4-10(9)13(16)17/h1-4,7-8H,5-6H2. The summed E-state index contributed by atoms with van der Waals surface area (Å²) in [7, 11) is 0. The lowest BCUT2D eigenvalue weighted by Gasteiger charge is -2.07. The van der Waals surface area contributed by atoms with E-state index in [1.165, 1.54) is 24.3 Å².